The number of piperazine rings is 1. The summed E-state index contributed by atoms with van der Waals surface area (Å²) in [7, 11) is 5.81. The monoisotopic (exact) mass is 606 g/mol. The Balaban J connectivity index is 1.60. The molecule has 2 aliphatic carbocycles. The van der Waals surface area contributed by atoms with Crippen LogP contribution in [0.15, 0.2) is 41.7 Å². The predicted octanol–water partition coefficient (Wildman–Crippen LogP) is 1.62. The molecule has 44 heavy (non-hydrogen) atoms. The fourth-order valence-electron chi connectivity index (χ4n) is 7.09. The van der Waals surface area contributed by atoms with Crippen molar-refractivity contribution < 1.29 is 34.8 Å². The second-order valence-electron chi connectivity index (χ2n) is 12.6. The van der Waals surface area contributed by atoms with Crippen LogP contribution in [-0.2, 0) is 22.6 Å². The van der Waals surface area contributed by atoms with E-state index in [0.29, 0.717) is 11.1 Å². The fourth-order valence-corrected chi connectivity index (χ4v) is 7.09. The first-order valence-corrected chi connectivity index (χ1v) is 15.1. The zero-order valence-electron chi connectivity index (χ0n) is 25.5. The number of rotatable bonds is 9. The molecule has 3 atom stereocenters. The van der Waals surface area contributed by atoms with E-state index in [2.05, 4.69) is 16.8 Å². The maximum atomic E-state index is 14.2. The summed E-state index contributed by atoms with van der Waals surface area (Å²) >= 11 is 0. The summed E-state index contributed by atoms with van der Waals surface area (Å²) < 4.78 is 0. The Kier molecular flexibility index (Phi) is 8.86. The average molecular weight is 607 g/mol. The van der Waals surface area contributed by atoms with Gasteiger partial charge in [0.1, 0.15) is 11.5 Å². The predicted molar refractivity (Wildman–Crippen MR) is 165 cm³/mol. The van der Waals surface area contributed by atoms with Gasteiger partial charge in [-0.1, -0.05) is 18.2 Å². The number of fused-ring (bicyclic) bond motifs is 2. The number of anilines is 1. The highest BCUT2D eigenvalue weighted by Gasteiger charge is 2.55. The van der Waals surface area contributed by atoms with Gasteiger partial charge in [-0.05, 0) is 61.1 Å². The molecule has 6 N–H and O–H groups in total. The van der Waals surface area contributed by atoms with E-state index >= 15 is 0 Å². The van der Waals surface area contributed by atoms with Crippen LogP contribution in [0.1, 0.15) is 40.7 Å². The van der Waals surface area contributed by atoms with Crippen LogP contribution in [0.5, 0.6) is 5.75 Å². The van der Waals surface area contributed by atoms with Crippen molar-refractivity contribution in [3.05, 3.63) is 58.4 Å². The van der Waals surface area contributed by atoms with E-state index in [1.807, 2.05) is 49.3 Å². The van der Waals surface area contributed by atoms with Crippen molar-refractivity contribution in [3.63, 3.8) is 0 Å². The minimum Gasteiger partial charge on any atom is -0.508 e. The van der Waals surface area contributed by atoms with Crippen LogP contribution in [0, 0.1) is 11.8 Å². The van der Waals surface area contributed by atoms with Gasteiger partial charge in [0.25, 0.3) is 0 Å². The zero-order chi connectivity index (χ0) is 31.9. The number of hydrogen-bond acceptors (Lipinski definition) is 10. The van der Waals surface area contributed by atoms with E-state index in [9.17, 15) is 34.8 Å². The van der Waals surface area contributed by atoms with Gasteiger partial charge < -0.3 is 36.0 Å². The molecule has 3 aliphatic rings. The number of hydrogen-bond donors (Lipinski definition) is 5. The second-order valence-corrected chi connectivity index (χ2v) is 12.6. The molecule has 1 fully saturated rings. The lowest BCUT2D eigenvalue weighted by Crippen LogP contribution is -2.54. The molecule has 5 rings (SSSR count). The fraction of sp³-hybridized carbons (Fsp3) is 0.485. The third-order valence-electron chi connectivity index (χ3n) is 9.45. The Morgan fingerprint density at radius 2 is 1.82 bits per heavy atom. The third-order valence-corrected chi connectivity index (χ3v) is 9.45. The molecule has 11 heteroatoms. The molecular formula is C33H42N4O7. The van der Waals surface area contributed by atoms with E-state index in [0.717, 1.165) is 49.5 Å². The number of aliphatic hydroxyl groups is 3. The van der Waals surface area contributed by atoms with Crippen molar-refractivity contribution in [3.8, 4) is 16.9 Å². The number of nitrogens with zero attached hydrogens (tertiary/aromatic N) is 3. The second kappa shape index (κ2) is 12.3. The molecule has 1 heterocycles. The number of aromatic hydroxyl groups is 1. The SMILES string of the molecule is CN1CCN(Cc2cccc(-c3cc(N(C)C)c4c(c3O)C(=O)C3=C(O)[C@](O)(C(=O)CC(N)=O)C(CCO)CC3C4)c2)CC1. The van der Waals surface area contributed by atoms with Crippen LogP contribution < -0.4 is 10.6 Å². The molecule has 1 saturated heterocycles. The van der Waals surface area contributed by atoms with Gasteiger partial charge in [0.15, 0.2) is 17.2 Å². The number of likely N-dealkylation sites (N-methyl/N-ethyl adjacent to an activating group) is 1. The smallest absolute Gasteiger partial charge is 0.225 e. The number of ketones is 2. The number of Topliss-reactive ketones (excluding diaryl/α,β-unsaturated/α-hetero) is 2. The van der Waals surface area contributed by atoms with Gasteiger partial charge in [-0.2, -0.15) is 0 Å². The van der Waals surface area contributed by atoms with Crippen molar-refractivity contribution in [2.45, 2.75) is 37.8 Å². The first-order valence-electron chi connectivity index (χ1n) is 15.1. The summed E-state index contributed by atoms with van der Waals surface area (Å²) in [4.78, 5) is 45.4. The number of aliphatic hydroxyl groups excluding tert-OH is 2. The van der Waals surface area contributed by atoms with E-state index in [-0.39, 0.29) is 42.8 Å². The number of carbonyl (C=O) groups is 3. The van der Waals surface area contributed by atoms with Crippen LogP contribution >= 0.6 is 0 Å². The average Bonchev–Trinajstić information content (AvgIpc) is 2.96. The van der Waals surface area contributed by atoms with Gasteiger partial charge in [0, 0.05) is 76.2 Å². The van der Waals surface area contributed by atoms with Crippen LogP contribution in [0.4, 0.5) is 5.69 Å². The maximum Gasteiger partial charge on any atom is 0.225 e. The molecule has 0 aromatic heterocycles. The van der Waals surface area contributed by atoms with Gasteiger partial charge >= 0.3 is 0 Å². The summed E-state index contributed by atoms with van der Waals surface area (Å²) in [5.74, 6) is -5.30. The number of amides is 1. The Hall–Kier alpha value is -3.77. The van der Waals surface area contributed by atoms with Gasteiger partial charge in [-0.3, -0.25) is 19.3 Å². The molecule has 1 amide bonds. The molecule has 2 unspecified atom stereocenters. The number of nitrogens with two attached hydrogens (primary N) is 1. The number of allylic oxidation sites excluding steroid dienone is 1. The molecule has 0 radical (unpaired) electrons. The summed E-state index contributed by atoms with van der Waals surface area (Å²) in [5.41, 5.74) is 6.10. The Morgan fingerprint density at radius 3 is 2.45 bits per heavy atom. The maximum absolute atomic E-state index is 14.2. The van der Waals surface area contributed by atoms with Gasteiger partial charge in [-0.25, -0.2) is 0 Å². The lowest BCUT2D eigenvalue weighted by molar-refractivity contribution is -0.147. The van der Waals surface area contributed by atoms with Gasteiger partial charge in [0.05, 0.1) is 12.0 Å². The molecule has 236 valence electrons. The number of benzene rings is 2. The van der Waals surface area contributed by atoms with Crippen LogP contribution in [-0.4, -0.2) is 107 Å². The van der Waals surface area contributed by atoms with E-state index < -0.39 is 47.1 Å². The van der Waals surface area contributed by atoms with Crippen LogP contribution in [0.2, 0.25) is 0 Å². The van der Waals surface area contributed by atoms with Crippen molar-refractivity contribution >= 4 is 23.2 Å². The molecule has 2 aromatic rings. The summed E-state index contributed by atoms with van der Waals surface area (Å²) in [6.45, 7) is 4.27. The highest BCUT2D eigenvalue weighted by molar-refractivity contribution is 6.16. The summed E-state index contributed by atoms with van der Waals surface area (Å²) in [5, 5.41) is 44.4. The number of phenolic OH excluding ortho intramolecular Hbond substituents is 1. The van der Waals surface area contributed by atoms with Gasteiger partial charge in [0.2, 0.25) is 5.91 Å². The Labute approximate surface area is 257 Å². The van der Waals surface area contributed by atoms with Crippen molar-refractivity contribution in [1.82, 2.24) is 9.80 Å². The topological polar surface area (TPSA) is 168 Å². The number of phenols is 1. The Morgan fingerprint density at radius 1 is 1.11 bits per heavy atom. The van der Waals surface area contributed by atoms with Gasteiger partial charge in [-0.15, -0.1) is 0 Å². The Bertz CT molecular complexity index is 1510. The largest absolute Gasteiger partial charge is 0.508 e. The quantitative estimate of drug-likeness (QED) is 0.265. The standard InChI is InChI=1S/C33H42N4O7/c1-35(2)25-16-23(20-6-4-5-19(13-20)18-37-10-8-36(3)9-11-37)30(41)29-24(25)15-21-14-22(7-12-38)33(44,26(39)17-27(34)40)32(43)28(21)31(29)42/h4-6,13,16,21-22,38,41,43-44H,7-12,14-15,17-18H2,1-3H3,(H2,34,40)/t21?,22?,33-/m1/s1. The molecular weight excluding hydrogens is 564 g/mol. The minimum absolute atomic E-state index is 0.0128. The van der Waals surface area contributed by atoms with E-state index in [1.54, 1.807) is 0 Å². The minimum atomic E-state index is -2.56. The molecule has 2 aromatic carbocycles. The summed E-state index contributed by atoms with van der Waals surface area (Å²) in [6, 6.07) is 9.72. The molecule has 11 nitrogen and oxygen atoms in total. The molecule has 0 spiro atoms. The molecule has 0 bridgehead atoms. The first-order chi connectivity index (χ1) is 20.9. The normalized spacial score (nSPS) is 24.2. The molecule has 1 aliphatic heterocycles. The van der Waals surface area contributed by atoms with Crippen molar-refractivity contribution in [1.29, 1.82) is 0 Å². The van der Waals surface area contributed by atoms with E-state index in [4.69, 9.17) is 5.73 Å². The lowest BCUT2D eigenvalue weighted by Gasteiger charge is -2.44. The third kappa shape index (κ3) is 5.61. The van der Waals surface area contributed by atoms with Crippen molar-refractivity contribution in [2.75, 3.05) is 58.8 Å². The lowest BCUT2D eigenvalue weighted by atomic mass is 9.62. The summed E-state index contributed by atoms with van der Waals surface area (Å²) in [6.07, 6.45) is -0.510. The van der Waals surface area contributed by atoms with Crippen LogP contribution in [0.25, 0.3) is 11.1 Å². The van der Waals surface area contributed by atoms with Crippen LogP contribution in [0.3, 0.4) is 0 Å². The highest BCUT2D eigenvalue weighted by Crippen LogP contribution is 2.51. The number of primary amides is 1. The molecule has 0 saturated carbocycles. The van der Waals surface area contributed by atoms with E-state index in [1.165, 1.54) is 0 Å². The number of carbonyl (C=O) groups excluding carboxylic acids is 3. The highest BCUT2D eigenvalue weighted by atomic mass is 16.3. The first kappa shape index (κ1) is 31.6. The zero-order valence-corrected chi connectivity index (χ0v) is 25.5. The van der Waals surface area contributed by atoms with Crippen molar-refractivity contribution in [2.24, 2.45) is 17.6 Å².